The van der Waals surface area contributed by atoms with E-state index in [-0.39, 0.29) is 48.6 Å². The first-order valence-electron chi connectivity index (χ1n) is 10.9. The van der Waals surface area contributed by atoms with Crippen molar-refractivity contribution in [3.63, 3.8) is 0 Å². The van der Waals surface area contributed by atoms with E-state index < -0.39 is 11.9 Å². The van der Waals surface area contributed by atoms with Gasteiger partial charge in [-0.3, -0.25) is 34.3 Å². The molecular weight excluding hydrogens is 470 g/mol. The Hall–Kier alpha value is -4.25. The Bertz CT molecular complexity index is 1370. The number of nitrogens with one attached hydrogen (secondary N) is 2. The molecule has 5 rings (SSSR count). The van der Waals surface area contributed by atoms with Crippen LogP contribution < -0.4 is 10.6 Å². The summed E-state index contributed by atoms with van der Waals surface area (Å²) in [5.41, 5.74) is 2.46. The van der Waals surface area contributed by atoms with Crippen molar-refractivity contribution in [2.45, 2.75) is 31.8 Å². The predicted molar refractivity (Wildman–Crippen MR) is 125 cm³/mol. The lowest BCUT2D eigenvalue weighted by molar-refractivity contribution is -0.137. The molecule has 0 aliphatic carbocycles. The van der Waals surface area contributed by atoms with Crippen LogP contribution in [0.4, 0.5) is 5.13 Å². The van der Waals surface area contributed by atoms with E-state index in [4.69, 9.17) is 0 Å². The number of rotatable bonds is 6. The minimum Gasteiger partial charge on any atom is -0.322 e. The highest BCUT2D eigenvalue weighted by molar-refractivity contribution is 7.14. The number of anilines is 1. The van der Waals surface area contributed by atoms with Gasteiger partial charge in [0.25, 0.3) is 5.91 Å². The predicted octanol–water partition coefficient (Wildman–Crippen LogP) is 1.71. The zero-order valence-corrected chi connectivity index (χ0v) is 19.1. The number of nitrogens with zero attached hydrogens (tertiary/aromatic N) is 3. The lowest BCUT2D eigenvalue weighted by Crippen LogP contribution is -2.52. The Balaban J connectivity index is 1.23. The summed E-state index contributed by atoms with van der Waals surface area (Å²) in [4.78, 5) is 71.2. The number of carbonyl (C=O) groups excluding carboxylic acids is 5. The normalized spacial score (nSPS) is 17.2. The van der Waals surface area contributed by atoms with Crippen molar-refractivity contribution in [2.24, 2.45) is 0 Å². The number of imide groups is 1. The van der Waals surface area contributed by atoms with E-state index in [2.05, 4.69) is 20.6 Å². The fraction of sp³-hybridized carbons (Fsp3) is 0.208. The minimum absolute atomic E-state index is 0.00441. The topological polar surface area (TPSA) is 138 Å². The molecule has 3 aromatic rings. The second kappa shape index (κ2) is 9.18. The van der Waals surface area contributed by atoms with Crippen molar-refractivity contribution in [3.05, 3.63) is 76.1 Å². The van der Waals surface area contributed by atoms with Crippen LogP contribution in [0, 0.1) is 0 Å². The van der Waals surface area contributed by atoms with Crippen LogP contribution in [0.15, 0.2) is 48.1 Å². The number of aromatic nitrogens is 2. The number of benzene rings is 1. The summed E-state index contributed by atoms with van der Waals surface area (Å²) in [6, 6.07) is 7.81. The average molecular weight is 490 g/mol. The second-order valence-electron chi connectivity index (χ2n) is 8.23. The number of pyridine rings is 1. The number of ketones is 1. The van der Waals surface area contributed by atoms with Crippen molar-refractivity contribution in [3.8, 4) is 0 Å². The monoisotopic (exact) mass is 489 g/mol. The summed E-state index contributed by atoms with van der Waals surface area (Å²) < 4.78 is 0. The number of thiazole rings is 1. The van der Waals surface area contributed by atoms with Crippen LogP contribution in [0.5, 0.6) is 0 Å². The van der Waals surface area contributed by atoms with Crippen LogP contribution in [-0.4, -0.2) is 50.3 Å². The number of fused-ring (bicyclic) bond motifs is 1. The highest BCUT2D eigenvalue weighted by Crippen LogP contribution is 2.28. The van der Waals surface area contributed by atoms with E-state index in [0.29, 0.717) is 28.2 Å². The molecular formula is C24H19N5O5S. The van der Waals surface area contributed by atoms with Crippen LogP contribution >= 0.6 is 11.3 Å². The largest absolute Gasteiger partial charge is 0.322 e. The third-order valence-corrected chi connectivity index (χ3v) is 6.62. The summed E-state index contributed by atoms with van der Waals surface area (Å²) >= 11 is 1.14. The summed E-state index contributed by atoms with van der Waals surface area (Å²) in [5, 5.41) is 6.83. The Morgan fingerprint density at radius 3 is 2.83 bits per heavy atom. The van der Waals surface area contributed by atoms with Crippen LogP contribution in [0.25, 0.3) is 0 Å². The molecule has 4 amide bonds. The first kappa shape index (κ1) is 22.5. The average Bonchev–Trinajstić information content (AvgIpc) is 3.44. The van der Waals surface area contributed by atoms with E-state index in [0.717, 1.165) is 16.9 Å². The van der Waals surface area contributed by atoms with Gasteiger partial charge >= 0.3 is 0 Å². The lowest BCUT2D eigenvalue weighted by atomic mass is 10.0. The van der Waals surface area contributed by atoms with Crippen molar-refractivity contribution in [1.29, 1.82) is 0 Å². The molecule has 1 aromatic carbocycles. The van der Waals surface area contributed by atoms with E-state index >= 15 is 0 Å². The molecule has 2 aliphatic heterocycles. The second-order valence-corrected chi connectivity index (χ2v) is 9.08. The number of hydrogen-bond donors (Lipinski definition) is 2. The van der Waals surface area contributed by atoms with Gasteiger partial charge in [-0.15, -0.1) is 11.3 Å². The minimum atomic E-state index is -0.687. The molecule has 176 valence electrons. The molecule has 2 N–H and O–H groups in total. The Morgan fingerprint density at radius 1 is 1.20 bits per heavy atom. The van der Waals surface area contributed by atoms with E-state index in [9.17, 15) is 24.0 Å². The zero-order chi connectivity index (χ0) is 24.5. The van der Waals surface area contributed by atoms with Crippen molar-refractivity contribution in [1.82, 2.24) is 20.2 Å². The number of amides is 4. The summed E-state index contributed by atoms with van der Waals surface area (Å²) in [7, 11) is 0. The van der Waals surface area contributed by atoms with E-state index in [1.54, 1.807) is 41.9 Å². The van der Waals surface area contributed by atoms with Gasteiger partial charge in [-0.25, -0.2) is 4.98 Å². The summed E-state index contributed by atoms with van der Waals surface area (Å²) in [6.45, 7) is 0.278. The lowest BCUT2D eigenvalue weighted by Gasteiger charge is -2.29. The molecule has 35 heavy (non-hydrogen) atoms. The van der Waals surface area contributed by atoms with Gasteiger partial charge in [-0.2, -0.15) is 0 Å². The van der Waals surface area contributed by atoms with Gasteiger partial charge in [0, 0.05) is 41.9 Å². The molecule has 1 saturated heterocycles. The SMILES string of the molecule is O=C1CCC(N2Cc3ccc(CC(=O)Nc4nc(C(=O)c5cccnc5)cs4)cc3C2=O)C(=O)N1. The van der Waals surface area contributed by atoms with Gasteiger partial charge < -0.3 is 10.2 Å². The molecule has 0 radical (unpaired) electrons. The van der Waals surface area contributed by atoms with Gasteiger partial charge in [0.05, 0.1) is 6.42 Å². The molecule has 10 nitrogen and oxygen atoms in total. The van der Waals surface area contributed by atoms with Crippen molar-refractivity contribution < 1.29 is 24.0 Å². The van der Waals surface area contributed by atoms with Crippen molar-refractivity contribution >= 4 is 45.9 Å². The van der Waals surface area contributed by atoms with Crippen LogP contribution in [0.1, 0.15) is 50.4 Å². The Morgan fingerprint density at radius 2 is 2.06 bits per heavy atom. The maximum Gasteiger partial charge on any atom is 0.255 e. The Labute approximate surface area is 203 Å². The first-order chi connectivity index (χ1) is 16.9. The smallest absolute Gasteiger partial charge is 0.255 e. The maximum absolute atomic E-state index is 13.0. The van der Waals surface area contributed by atoms with Gasteiger partial charge in [0.2, 0.25) is 23.5 Å². The number of carbonyl (C=O) groups is 5. The van der Waals surface area contributed by atoms with E-state index in [1.807, 2.05) is 0 Å². The molecule has 1 atom stereocenters. The number of hydrogen-bond acceptors (Lipinski definition) is 8. The number of piperidine rings is 1. The van der Waals surface area contributed by atoms with Gasteiger partial charge in [-0.1, -0.05) is 12.1 Å². The highest BCUT2D eigenvalue weighted by atomic mass is 32.1. The molecule has 1 fully saturated rings. The Kier molecular flexibility index (Phi) is 5.91. The molecule has 0 spiro atoms. The molecule has 2 aliphatic rings. The van der Waals surface area contributed by atoms with Gasteiger partial charge in [0.1, 0.15) is 11.7 Å². The zero-order valence-electron chi connectivity index (χ0n) is 18.3. The first-order valence-corrected chi connectivity index (χ1v) is 11.7. The third-order valence-electron chi connectivity index (χ3n) is 5.86. The standard InChI is InChI=1S/C24H19N5O5S/c30-19-6-5-18(22(33)27-19)29-11-15-4-3-13(8-16(15)23(29)34)9-20(31)28-24-26-17(12-35-24)21(32)14-2-1-7-25-10-14/h1-4,7-8,10,12,18H,5-6,9,11H2,(H,26,28,31)(H,27,30,33). The molecule has 2 aromatic heterocycles. The molecule has 11 heteroatoms. The molecule has 1 unspecified atom stereocenters. The fourth-order valence-corrected chi connectivity index (χ4v) is 4.85. The highest BCUT2D eigenvalue weighted by Gasteiger charge is 2.39. The third kappa shape index (κ3) is 4.58. The molecule has 0 bridgehead atoms. The fourth-order valence-electron chi connectivity index (χ4n) is 4.14. The van der Waals surface area contributed by atoms with Crippen molar-refractivity contribution in [2.75, 3.05) is 5.32 Å². The van der Waals surface area contributed by atoms with Crippen LogP contribution in [0.2, 0.25) is 0 Å². The van der Waals surface area contributed by atoms with Gasteiger partial charge in [0.15, 0.2) is 5.13 Å². The molecule has 0 saturated carbocycles. The van der Waals surface area contributed by atoms with Crippen LogP contribution in [-0.2, 0) is 27.3 Å². The quantitative estimate of drug-likeness (QED) is 0.397. The van der Waals surface area contributed by atoms with E-state index in [1.165, 1.54) is 11.1 Å². The summed E-state index contributed by atoms with van der Waals surface area (Å²) in [5.74, 6) is -1.72. The summed E-state index contributed by atoms with van der Waals surface area (Å²) in [6.07, 6.45) is 3.51. The maximum atomic E-state index is 13.0. The van der Waals surface area contributed by atoms with Crippen LogP contribution in [0.3, 0.4) is 0 Å². The van der Waals surface area contributed by atoms with Gasteiger partial charge in [-0.05, 0) is 35.7 Å². The molecule has 4 heterocycles.